The van der Waals surface area contributed by atoms with E-state index in [1.54, 1.807) is 6.07 Å². The number of halogens is 2. The maximum absolute atomic E-state index is 12.5. The average molecular weight is 409 g/mol. The van der Waals surface area contributed by atoms with Crippen LogP contribution in [0.15, 0.2) is 52.3 Å². The van der Waals surface area contributed by atoms with Crippen molar-refractivity contribution in [2.75, 3.05) is 18.8 Å². The lowest BCUT2D eigenvalue weighted by Gasteiger charge is -2.13. The molecule has 24 heavy (non-hydrogen) atoms. The van der Waals surface area contributed by atoms with Gasteiger partial charge in [-0.2, -0.15) is 0 Å². The van der Waals surface area contributed by atoms with E-state index < -0.39 is 20.0 Å². The van der Waals surface area contributed by atoms with E-state index >= 15 is 0 Å². The average Bonchev–Trinajstić information content (AvgIpc) is 2.51. The molecule has 2 aromatic rings. The smallest absolute Gasteiger partial charge is 0.261 e. The first-order valence-electron chi connectivity index (χ1n) is 6.55. The van der Waals surface area contributed by atoms with E-state index in [9.17, 15) is 16.8 Å². The zero-order chi connectivity index (χ0) is 18.1. The Morgan fingerprint density at radius 1 is 0.917 bits per heavy atom. The molecular formula is C14H14Cl2N2O4S2. The number of rotatable bonds is 5. The standard InChI is InChI=1S/C14H14Cl2N2O4S2/c1-18(2)24(21,22)11-6-3-5-10(9-11)23(19,20)17-13-8-4-7-12(15)14(13)16/h3-9,17H,1-2H3. The van der Waals surface area contributed by atoms with Gasteiger partial charge < -0.3 is 0 Å². The molecule has 130 valence electrons. The van der Waals surface area contributed by atoms with Crippen LogP contribution in [0.25, 0.3) is 0 Å². The lowest BCUT2D eigenvalue weighted by molar-refractivity contribution is 0.520. The molecule has 0 amide bonds. The van der Waals surface area contributed by atoms with Crippen LogP contribution >= 0.6 is 23.2 Å². The molecule has 0 bridgehead atoms. The summed E-state index contributed by atoms with van der Waals surface area (Å²) >= 11 is 11.8. The van der Waals surface area contributed by atoms with Gasteiger partial charge in [0.2, 0.25) is 10.0 Å². The quantitative estimate of drug-likeness (QED) is 0.823. The van der Waals surface area contributed by atoms with Gasteiger partial charge >= 0.3 is 0 Å². The van der Waals surface area contributed by atoms with Crippen molar-refractivity contribution < 1.29 is 16.8 Å². The molecular weight excluding hydrogens is 395 g/mol. The first-order chi connectivity index (χ1) is 11.1. The van der Waals surface area contributed by atoms with Crippen LogP contribution < -0.4 is 4.72 Å². The van der Waals surface area contributed by atoms with Crippen LogP contribution in [0.3, 0.4) is 0 Å². The van der Waals surface area contributed by atoms with Gasteiger partial charge in [0.05, 0.1) is 25.5 Å². The second-order valence-electron chi connectivity index (χ2n) is 4.97. The van der Waals surface area contributed by atoms with Crippen LogP contribution in [0, 0.1) is 0 Å². The van der Waals surface area contributed by atoms with Crippen molar-refractivity contribution in [3.05, 3.63) is 52.5 Å². The summed E-state index contributed by atoms with van der Waals surface area (Å²) in [6.45, 7) is 0. The van der Waals surface area contributed by atoms with E-state index in [0.29, 0.717) is 0 Å². The fourth-order valence-electron chi connectivity index (χ4n) is 1.80. The largest absolute Gasteiger partial charge is 0.278 e. The Balaban J connectivity index is 2.46. The summed E-state index contributed by atoms with van der Waals surface area (Å²) in [6, 6.07) is 9.55. The molecule has 10 heteroatoms. The third-order valence-electron chi connectivity index (χ3n) is 3.09. The van der Waals surface area contributed by atoms with Gasteiger partial charge in [-0.1, -0.05) is 35.3 Å². The van der Waals surface area contributed by atoms with Gasteiger partial charge in [0.15, 0.2) is 0 Å². The van der Waals surface area contributed by atoms with Gasteiger partial charge in [0, 0.05) is 14.1 Å². The zero-order valence-electron chi connectivity index (χ0n) is 12.7. The summed E-state index contributed by atoms with van der Waals surface area (Å²) in [5.74, 6) is 0. The molecule has 0 spiro atoms. The molecule has 0 aromatic heterocycles. The van der Waals surface area contributed by atoms with Crippen LogP contribution in [-0.4, -0.2) is 35.2 Å². The molecule has 0 heterocycles. The van der Waals surface area contributed by atoms with Crippen LogP contribution in [0.4, 0.5) is 5.69 Å². The number of anilines is 1. The van der Waals surface area contributed by atoms with Crippen molar-refractivity contribution in [3.8, 4) is 0 Å². The number of hydrogen-bond acceptors (Lipinski definition) is 4. The van der Waals surface area contributed by atoms with E-state index in [4.69, 9.17) is 23.2 Å². The number of nitrogens with zero attached hydrogens (tertiary/aromatic N) is 1. The Labute approximate surface area is 151 Å². The molecule has 1 N–H and O–H groups in total. The van der Waals surface area contributed by atoms with Crippen LogP contribution in [0.1, 0.15) is 0 Å². The van der Waals surface area contributed by atoms with Gasteiger partial charge in [-0.3, -0.25) is 4.72 Å². The highest BCUT2D eigenvalue weighted by Crippen LogP contribution is 2.31. The molecule has 2 rings (SSSR count). The molecule has 0 aliphatic carbocycles. The maximum Gasteiger partial charge on any atom is 0.261 e. The van der Waals surface area contributed by atoms with E-state index in [-0.39, 0.29) is 25.5 Å². The molecule has 0 saturated heterocycles. The number of nitrogens with one attached hydrogen (secondary N) is 1. The molecule has 2 aromatic carbocycles. The molecule has 0 fully saturated rings. The van der Waals surface area contributed by atoms with Crippen LogP contribution in [0.2, 0.25) is 10.0 Å². The highest BCUT2D eigenvalue weighted by Gasteiger charge is 2.22. The normalized spacial score (nSPS) is 12.4. The number of sulfonamides is 2. The topological polar surface area (TPSA) is 83.6 Å². The Bertz CT molecular complexity index is 974. The minimum absolute atomic E-state index is 0.0554. The second-order valence-corrected chi connectivity index (χ2v) is 9.59. The van der Waals surface area contributed by atoms with Gasteiger partial charge in [-0.25, -0.2) is 21.1 Å². The minimum Gasteiger partial charge on any atom is -0.278 e. The molecule has 0 aliphatic heterocycles. The van der Waals surface area contributed by atoms with Crippen molar-refractivity contribution in [2.24, 2.45) is 0 Å². The Morgan fingerprint density at radius 3 is 2.12 bits per heavy atom. The second kappa shape index (κ2) is 6.89. The summed E-state index contributed by atoms with van der Waals surface area (Å²) in [5, 5.41) is 0.251. The van der Waals surface area contributed by atoms with Crippen LogP contribution in [0.5, 0.6) is 0 Å². The van der Waals surface area contributed by atoms with E-state index in [1.165, 1.54) is 44.4 Å². The first-order valence-corrected chi connectivity index (χ1v) is 10.2. The van der Waals surface area contributed by atoms with Gasteiger partial charge in [-0.15, -0.1) is 0 Å². The maximum atomic E-state index is 12.5. The minimum atomic E-state index is -4.04. The third kappa shape index (κ3) is 3.84. The van der Waals surface area contributed by atoms with Crippen molar-refractivity contribution in [2.45, 2.75) is 9.79 Å². The van der Waals surface area contributed by atoms with Crippen LogP contribution in [-0.2, 0) is 20.0 Å². The lowest BCUT2D eigenvalue weighted by Crippen LogP contribution is -2.22. The van der Waals surface area contributed by atoms with Crippen molar-refractivity contribution in [3.63, 3.8) is 0 Å². The summed E-state index contributed by atoms with van der Waals surface area (Å²) in [5.41, 5.74) is 0.102. The first kappa shape index (κ1) is 19.0. The lowest BCUT2D eigenvalue weighted by atomic mass is 10.3. The fourth-order valence-corrected chi connectivity index (χ4v) is 4.34. The summed E-state index contributed by atoms with van der Waals surface area (Å²) in [4.78, 5) is -0.339. The summed E-state index contributed by atoms with van der Waals surface area (Å²) in [6.07, 6.45) is 0. The SMILES string of the molecule is CN(C)S(=O)(=O)c1cccc(S(=O)(=O)Nc2cccc(Cl)c2Cl)c1. The molecule has 0 saturated carbocycles. The molecule has 0 aliphatic rings. The van der Waals surface area contributed by atoms with E-state index in [1.807, 2.05) is 0 Å². The Morgan fingerprint density at radius 2 is 1.50 bits per heavy atom. The molecule has 0 atom stereocenters. The van der Waals surface area contributed by atoms with E-state index in [0.717, 1.165) is 10.4 Å². The van der Waals surface area contributed by atoms with Gasteiger partial charge in [0.1, 0.15) is 0 Å². The van der Waals surface area contributed by atoms with Crippen molar-refractivity contribution in [1.29, 1.82) is 0 Å². The summed E-state index contributed by atoms with van der Waals surface area (Å²) < 4.78 is 52.6. The molecule has 6 nitrogen and oxygen atoms in total. The third-order valence-corrected chi connectivity index (χ3v) is 7.08. The fraction of sp³-hybridized carbons (Fsp3) is 0.143. The highest BCUT2D eigenvalue weighted by atomic mass is 35.5. The monoisotopic (exact) mass is 408 g/mol. The van der Waals surface area contributed by atoms with Crippen molar-refractivity contribution in [1.82, 2.24) is 4.31 Å². The molecule has 0 radical (unpaired) electrons. The van der Waals surface area contributed by atoms with Gasteiger partial charge in [-0.05, 0) is 30.3 Å². The number of benzene rings is 2. The van der Waals surface area contributed by atoms with Crippen molar-refractivity contribution >= 4 is 48.9 Å². The highest BCUT2D eigenvalue weighted by molar-refractivity contribution is 7.93. The number of hydrogen-bond donors (Lipinski definition) is 1. The predicted molar refractivity (Wildman–Crippen MR) is 94.6 cm³/mol. The predicted octanol–water partition coefficient (Wildman–Crippen LogP) is 3.04. The van der Waals surface area contributed by atoms with E-state index in [2.05, 4.69) is 4.72 Å². The molecule has 0 unspecified atom stereocenters. The Hall–Kier alpha value is -1.32. The summed E-state index contributed by atoms with van der Waals surface area (Å²) in [7, 11) is -5.07. The zero-order valence-corrected chi connectivity index (χ0v) is 15.8. The van der Waals surface area contributed by atoms with Gasteiger partial charge in [0.25, 0.3) is 10.0 Å². The Kier molecular flexibility index (Phi) is 5.46.